The van der Waals surface area contributed by atoms with Crippen LogP contribution in [0, 0.1) is 0 Å². The topological polar surface area (TPSA) is 99.7 Å². The quantitative estimate of drug-likeness (QED) is 0.664. The molecule has 0 radical (unpaired) electrons. The second-order valence-corrected chi connectivity index (χ2v) is 7.30. The summed E-state index contributed by atoms with van der Waals surface area (Å²) >= 11 is 12.5. The molecule has 0 aliphatic carbocycles. The molecule has 2 heterocycles. The highest BCUT2D eigenvalue weighted by Gasteiger charge is 2.29. The fourth-order valence-electron chi connectivity index (χ4n) is 2.59. The van der Waals surface area contributed by atoms with Gasteiger partial charge in [-0.1, -0.05) is 43.6 Å². The summed E-state index contributed by atoms with van der Waals surface area (Å²) in [4.78, 5) is 24.0. The second kappa shape index (κ2) is 8.41. The molecule has 12 heteroatoms. The van der Waals surface area contributed by atoms with Crippen LogP contribution in [0.5, 0.6) is 11.6 Å². The SMILES string of the molecule is C=C1NC(=O)C(c2cc(Cl)c(Oc3cc(C(C)C)c(=O)[nH]n3)c(Cl)c2)=NN1C(F)F. The van der Waals surface area contributed by atoms with Crippen molar-refractivity contribution in [1.29, 1.82) is 0 Å². The molecule has 3 rings (SSSR count). The van der Waals surface area contributed by atoms with Gasteiger partial charge in [0, 0.05) is 17.2 Å². The summed E-state index contributed by atoms with van der Waals surface area (Å²) in [6.07, 6.45) is 0. The summed E-state index contributed by atoms with van der Waals surface area (Å²) in [6.45, 7) is 3.97. The highest BCUT2D eigenvalue weighted by atomic mass is 35.5. The zero-order chi connectivity index (χ0) is 22.2. The number of ether oxygens (including phenoxy) is 1. The maximum Gasteiger partial charge on any atom is 0.335 e. The van der Waals surface area contributed by atoms with Crippen LogP contribution in [-0.2, 0) is 4.79 Å². The minimum atomic E-state index is -3.01. The molecule has 1 aromatic carbocycles. The van der Waals surface area contributed by atoms with Crippen LogP contribution in [-0.4, -0.2) is 33.4 Å². The molecule has 0 saturated heterocycles. The Balaban J connectivity index is 1.98. The number of amides is 1. The van der Waals surface area contributed by atoms with Gasteiger partial charge in [-0.25, -0.2) is 5.10 Å². The predicted molar refractivity (Wildman–Crippen MR) is 107 cm³/mol. The van der Waals surface area contributed by atoms with Crippen LogP contribution >= 0.6 is 23.2 Å². The van der Waals surface area contributed by atoms with E-state index in [1.165, 1.54) is 18.2 Å². The standard InChI is InChI=1S/C18H15Cl2F2N5O3/c1-7(2)10-6-13(24-25-16(10)28)30-15-11(19)4-9(5-12(15)20)14-17(29)23-8(3)27(26-14)18(21)22/h4-7,18H,3H2,1-2H3,(H,23,29)(H,25,28). The molecular formula is C18H15Cl2F2N5O3. The number of carbonyl (C=O) groups is 1. The van der Waals surface area contributed by atoms with Gasteiger partial charge in [-0.15, -0.1) is 5.10 Å². The maximum atomic E-state index is 13.1. The first-order valence-corrected chi connectivity index (χ1v) is 9.27. The highest BCUT2D eigenvalue weighted by molar-refractivity contribution is 6.47. The normalized spacial score (nSPS) is 14.3. The van der Waals surface area contributed by atoms with E-state index in [4.69, 9.17) is 27.9 Å². The van der Waals surface area contributed by atoms with Crippen molar-refractivity contribution in [3.05, 3.63) is 62.1 Å². The molecule has 0 fully saturated rings. The van der Waals surface area contributed by atoms with E-state index in [0.29, 0.717) is 5.56 Å². The zero-order valence-electron chi connectivity index (χ0n) is 15.7. The van der Waals surface area contributed by atoms with Crippen molar-refractivity contribution in [3.8, 4) is 11.6 Å². The summed E-state index contributed by atoms with van der Waals surface area (Å²) in [6, 6.07) is 4.02. The molecule has 2 N–H and O–H groups in total. The number of carbonyl (C=O) groups excluding carboxylic acids is 1. The van der Waals surface area contributed by atoms with Gasteiger partial charge >= 0.3 is 6.55 Å². The minimum Gasteiger partial charge on any atom is -0.434 e. The average molecular weight is 458 g/mol. The van der Waals surface area contributed by atoms with Gasteiger partial charge in [0.15, 0.2) is 11.5 Å². The monoisotopic (exact) mass is 457 g/mol. The van der Waals surface area contributed by atoms with Crippen LogP contribution in [0.15, 0.2) is 40.5 Å². The molecule has 0 bridgehead atoms. The van der Waals surface area contributed by atoms with E-state index in [0.717, 1.165) is 0 Å². The number of nitrogens with zero attached hydrogens (tertiary/aromatic N) is 3. The van der Waals surface area contributed by atoms with E-state index < -0.39 is 12.5 Å². The van der Waals surface area contributed by atoms with Gasteiger partial charge in [0.1, 0.15) is 5.82 Å². The number of hydrazone groups is 1. The molecular weight excluding hydrogens is 443 g/mol. The molecule has 8 nitrogen and oxygen atoms in total. The summed E-state index contributed by atoms with van der Waals surface area (Å²) in [5, 5.41) is 12.2. The third-order valence-corrected chi connectivity index (χ3v) is 4.61. The predicted octanol–water partition coefficient (Wildman–Crippen LogP) is 3.82. The fourth-order valence-corrected chi connectivity index (χ4v) is 3.16. The van der Waals surface area contributed by atoms with E-state index in [1.54, 1.807) is 0 Å². The van der Waals surface area contributed by atoms with Gasteiger partial charge in [-0.2, -0.15) is 18.9 Å². The Labute approximate surface area is 179 Å². The van der Waals surface area contributed by atoms with Gasteiger partial charge in [0.2, 0.25) is 5.88 Å². The molecule has 0 saturated carbocycles. The number of nitrogens with one attached hydrogen (secondary N) is 2. The van der Waals surface area contributed by atoms with Gasteiger partial charge in [-0.05, 0) is 18.1 Å². The number of aromatic nitrogens is 2. The molecule has 0 unspecified atom stereocenters. The Bertz CT molecular complexity index is 1090. The molecule has 1 amide bonds. The summed E-state index contributed by atoms with van der Waals surface area (Å²) in [7, 11) is 0. The molecule has 0 spiro atoms. The van der Waals surface area contributed by atoms with E-state index in [2.05, 4.69) is 27.2 Å². The lowest BCUT2D eigenvalue weighted by Crippen LogP contribution is -2.44. The Morgan fingerprint density at radius 2 is 1.80 bits per heavy atom. The molecule has 1 aliphatic rings. The number of halogens is 4. The van der Waals surface area contributed by atoms with Crippen molar-refractivity contribution >= 4 is 34.8 Å². The Kier molecular flexibility index (Phi) is 6.09. The highest BCUT2D eigenvalue weighted by Crippen LogP contribution is 2.37. The van der Waals surface area contributed by atoms with Crippen molar-refractivity contribution in [1.82, 2.24) is 20.5 Å². The lowest BCUT2D eigenvalue weighted by molar-refractivity contribution is -0.116. The van der Waals surface area contributed by atoms with Crippen LogP contribution in [0.2, 0.25) is 10.0 Å². The number of rotatable bonds is 5. The Morgan fingerprint density at radius 1 is 1.17 bits per heavy atom. The maximum absolute atomic E-state index is 13.1. The third kappa shape index (κ3) is 4.29. The number of benzene rings is 1. The van der Waals surface area contributed by atoms with E-state index in [-0.39, 0.29) is 55.3 Å². The van der Waals surface area contributed by atoms with Crippen LogP contribution in [0.4, 0.5) is 8.78 Å². The van der Waals surface area contributed by atoms with Gasteiger partial charge < -0.3 is 10.1 Å². The second-order valence-electron chi connectivity index (χ2n) is 6.49. The van der Waals surface area contributed by atoms with Crippen LogP contribution in [0.3, 0.4) is 0 Å². The van der Waals surface area contributed by atoms with Crippen LogP contribution < -0.4 is 15.6 Å². The van der Waals surface area contributed by atoms with Crippen molar-refractivity contribution < 1.29 is 18.3 Å². The third-order valence-electron chi connectivity index (χ3n) is 4.05. The number of alkyl halides is 2. The smallest absolute Gasteiger partial charge is 0.335 e. The average Bonchev–Trinajstić information content (AvgIpc) is 2.65. The summed E-state index contributed by atoms with van der Waals surface area (Å²) in [5.41, 5.74) is -0.145. The fraction of sp³-hybridized carbons (Fsp3) is 0.222. The lowest BCUT2D eigenvalue weighted by Gasteiger charge is -2.26. The van der Waals surface area contributed by atoms with Gasteiger partial charge in [0.25, 0.3) is 11.5 Å². The van der Waals surface area contributed by atoms with Gasteiger partial charge in [-0.3, -0.25) is 9.59 Å². The van der Waals surface area contributed by atoms with E-state index in [1.807, 2.05) is 13.8 Å². The van der Waals surface area contributed by atoms with Crippen molar-refractivity contribution in [2.75, 3.05) is 0 Å². The van der Waals surface area contributed by atoms with Crippen molar-refractivity contribution in [2.24, 2.45) is 5.10 Å². The number of hydrogen-bond acceptors (Lipinski definition) is 6. The van der Waals surface area contributed by atoms with Crippen LogP contribution in [0.1, 0.15) is 30.9 Å². The summed E-state index contributed by atoms with van der Waals surface area (Å²) in [5.74, 6) is -1.14. The molecule has 2 aromatic rings. The first-order valence-electron chi connectivity index (χ1n) is 8.51. The molecule has 0 atom stereocenters. The first kappa shape index (κ1) is 21.7. The van der Waals surface area contributed by atoms with E-state index in [9.17, 15) is 18.4 Å². The Hall–Kier alpha value is -2.98. The summed E-state index contributed by atoms with van der Waals surface area (Å²) < 4.78 is 31.7. The molecule has 158 valence electrons. The van der Waals surface area contributed by atoms with Crippen molar-refractivity contribution in [2.45, 2.75) is 26.3 Å². The largest absolute Gasteiger partial charge is 0.434 e. The first-order chi connectivity index (χ1) is 14.1. The zero-order valence-corrected chi connectivity index (χ0v) is 17.2. The minimum absolute atomic E-state index is 0.00304. The number of hydrogen-bond donors (Lipinski definition) is 2. The van der Waals surface area contributed by atoms with Crippen molar-refractivity contribution in [3.63, 3.8) is 0 Å². The molecule has 1 aliphatic heterocycles. The lowest BCUT2D eigenvalue weighted by atomic mass is 10.1. The van der Waals surface area contributed by atoms with Crippen LogP contribution in [0.25, 0.3) is 0 Å². The Morgan fingerprint density at radius 3 is 2.37 bits per heavy atom. The number of H-pyrrole nitrogens is 1. The van der Waals surface area contributed by atoms with E-state index >= 15 is 0 Å². The number of aromatic amines is 1. The molecule has 1 aromatic heterocycles. The van der Waals surface area contributed by atoms with Gasteiger partial charge in [0.05, 0.1) is 10.0 Å². The molecule has 30 heavy (non-hydrogen) atoms.